The largest absolute Gasteiger partial charge is 0.398 e. The average Bonchev–Trinajstić information content (AvgIpc) is 2.26. The number of nitrogen functional groups attached to an aromatic ring is 1. The lowest BCUT2D eigenvalue weighted by Gasteiger charge is -2.15. The lowest BCUT2D eigenvalue weighted by molar-refractivity contribution is 0.101. The van der Waals surface area contributed by atoms with Crippen LogP contribution in [0, 0.1) is 0 Å². The third-order valence-corrected chi connectivity index (χ3v) is 2.42. The van der Waals surface area contributed by atoms with Crippen LogP contribution in [0.5, 0.6) is 0 Å². The zero-order valence-electron chi connectivity index (χ0n) is 10.6. The smallest absolute Gasteiger partial charge is 0.161 e. The maximum absolute atomic E-state index is 11.2. The van der Waals surface area contributed by atoms with Crippen LogP contribution in [0.15, 0.2) is 18.2 Å². The topological polar surface area (TPSA) is 64.3 Å². The van der Waals surface area contributed by atoms with Crippen molar-refractivity contribution in [3.63, 3.8) is 0 Å². The van der Waals surface area contributed by atoms with E-state index in [1.54, 1.807) is 12.1 Å². The standard InChI is InChI=1S/C13H20N2O2/c1-4-17-8-9(2)15-11-5-6-12(10(3)16)13(14)7-11/h5-7,9,15H,4,8,14H2,1-3H3. The van der Waals surface area contributed by atoms with Crippen molar-refractivity contribution in [3.05, 3.63) is 23.8 Å². The van der Waals surface area contributed by atoms with Gasteiger partial charge in [-0.1, -0.05) is 0 Å². The van der Waals surface area contributed by atoms with Crippen LogP contribution < -0.4 is 11.1 Å². The Balaban J connectivity index is 2.67. The molecule has 1 aromatic rings. The predicted molar refractivity (Wildman–Crippen MR) is 70.4 cm³/mol. The second kappa shape index (κ2) is 6.25. The molecule has 1 atom stereocenters. The molecular formula is C13H20N2O2. The molecule has 4 nitrogen and oxygen atoms in total. The third kappa shape index (κ3) is 4.07. The van der Waals surface area contributed by atoms with Gasteiger partial charge in [0.2, 0.25) is 0 Å². The fourth-order valence-electron chi connectivity index (χ4n) is 1.59. The highest BCUT2D eigenvalue weighted by molar-refractivity contribution is 5.99. The minimum Gasteiger partial charge on any atom is -0.398 e. The van der Waals surface area contributed by atoms with E-state index in [1.807, 2.05) is 19.9 Å². The van der Waals surface area contributed by atoms with E-state index in [-0.39, 0.29) is 11.8 Å². The highest BCUT2D eigenvalue weighted by Crippen LogP contribution is 2.19. The molecule has 0 aliphatic heterocycles. The van der Waals surface area contributed by atoms with Crippen molar-refractivity contribution in [1.29, 1.82) is 0 Å². The van der Waals surface area contributed by atoms with E-state index in [0.29, 0.717) is 24.5 Å². The van der Waals surface area contributed by atoms with E-state index in [4.69, 9.17) is 10.5 Å². The van der Waals surface area contributed by atoms with Crippen LogP contribution in [-0.2, 0) is 4.74 Å². The fraction of sp³-hybridized carbons (Fsp3) is 0.462. The van der Waals surface area contributed by atoms with Gasteiger partial charge >= 0.3 is 0 Å². The fourth-order valence-corrected chi connectivity index (χ4v) is 1.59. The summed E-state index contributed by atoms with van der Waals surface area (Å²) in [6.07, 6.45) is 0. The monoisotopic (exact) mass is 236 g/mol. The van der Waals surface area contributed by atoms with E-state index >= 15 is 0 Å². The van der Waals surface area contributed by atoms with Crippen LogP contribution in [0.1, 0.15) is 31.1 Å². The molecule has 0 aliphatic rings. The first-order chi connectivity index (χ1) is 8.04. The Labute approximate surface area is 102 Å². The molecule has 17 heavy (non-hydrogen) atoms. The summed E-state index contributed by atoms with van der Waals surface area (Å²) in [6, 6.07) is 5.58. The molecule has 4 heteroatoms. The first-order valence-corrected chi connectivity index (χ1v) is 5.79. The molecule has 0 heterocycles. The minimum atomic E-state index is -0.0172. The van der Waals surface area contributed by atoms with Crippen molar-refractivity contribution < 1.29 is 9.53 Å². The lowest BCUT2D eigenvalue weighted by Crippen LogP contribution is -2.21. The Morgan fingerprint density at radius 1 is 1.53 bits per heavy atom. The van der Waals surface area contributed by atoms with Crippen LogP contribution in [-0.4, -0.2) is 25.0 Å². The molecule has 0 saturated carbocycles. The summed E-state index contributed by atoms with van der Waals surface area (Å²) in [5, 5.41) is 3.27. The van der Waals surface area contributed by atoms with E-state index in [0.717, 1.165) is 5.69 Å². The van der Waals surface area contributed by atoms with Crippen LogP contribution in [0.3, 0.4) is 0 Å². The van der Waals surface area contributed by atoms with E-state index in [9.17, 15) is 4.79 Å². The number of Topliss-reactive ketones (excluding diaryl/α,β-unsaturated/α-hetero) is 1. The normalized spacial score (nSPS) is 12.2. The summed E-state index contributed by atoms with van der Waals surface area (Å²) >= 11 is 0. The van der Waals surface area contributed by atoms with Gasteiger partial charge in [0.25, 0.3) is 0 Å². The molecule has 0 amide bonds. The van der Waals surface area contributed by atoms with Crippen molar-refractivity contribution >= 4 is 17.2 Å². The zero-order valence-corrected chi connectivity index (χ0v) is 10.6. The van der Waals surface area contributed by atoms with Gasteiger partial charge in [-0.2, -0.15) is 0 Å². The van der Waals surface area contributed by atoms with Gasteiger partial charge in [-0.15, -0.1) is 0 Å². The Morgan fingerprint density at radius 2 is 2.24 bits per heavy atom. The summed E-state index contributed by atoms with van der Waals surface area (Å²) in [7, 11) is 0. The van der Waals surface area contributed by atoms with E-state index < -0.39 is 0 Å². The molecule has 1 rings (SSSR count). The number of rotatable bonds is 6. The van der Waals surface area contributed by atoms with Gasteiger partial charge in [-0.3, -0.25) is 4.79 Å². The molecule has 0 aromatic heterocycles. The van der Waals surface area contributed by atoms with Crippen LogP contribution >= 0.6 is 0 Å². The van der Waals surface area contributed by atoms with Gasteiger partial charge in [-0.25, -0.2) is 0 Å². The molecular weight excluding hydrogens is 216 g/mol. The SMILES string of the molecule is CCOCC(C)Nc1ccc(C(C)=O)c(N)c1. The molecule has 0 bridgehead atoms. The van der Waals surface area contributed by atoms with Crippen molar-refractivity contribution in [2.45, 2.75) is 26.8 Å². The molecule has 1 aromatic carbocycles. The molecule has 0 radical (unpaired) electrons. The number of hydrogen-bond donors (Lipinski definition) is 2. The van der Waals surface area contributed by atoms with Gasteiger partial charge in [-0.05, 0) is 39.0 Å². The Morgan fingerprint density at radius 3 is 2.76 bits per heavy atom. The number of ketones is 1. The average molecular weight is 236 g/mol. The van der Waals surface area contributed by atoms with Crippen molar-refractivity contribution in [1.82, 2.24) is 0 Å². The Hall–Kier alpha value is -1.55. The summed E-state index contributed by atoms with van der Waals surface area (Å²) in [5.74, 6) is -0.0172. The van der Waals surface area contributed by atoms with Gasteiger partial charge in [0.05, 0.1) is 6.61 Å². The number of nitrogens with two attached hydrogens (primary N) is 1. The quantitative estimate of drug-likeness (QED) is 0.587. The minimum absolute atomic E-state index is 0.0172. The van der Waals surface area contributed by atoms with Gasteiger partial charge in [0.15, 0.2) is 5.78 Å². The maximum atomic E-state index is 11.2. The third-order valence-electron chi connectivity index (χ3n) is 2.42. The first kappa shape index (κ1) is 13.5. The summed E-state index contributed by atoms with van der Waals surface area (Å²) in [5.41, 5.74) is 7.78. The van der Waals surface area contributed by atoms with Crippen molar-refractivity contribution in [2.75, 3.05) is 24.3 Å². The zero-order chi connectivity index (χ0) is 12.8. The number of benzene rings is 1. The molecule has 0 saturated heterocycles. The molecule has 0 aliphatic carbocycles. The molecule has 0 fully saturated rings. The van der Waals surface area contributed by atoms with Gasteiger partial charge in [0.1, 0.15) is 0 Å². The van der Waals surface area contributed by atoms with Crippen molar-refractivity contribution in [3.8, 4) is 0 Å². The van der Waals surface area contributed by atoms with E-state index in [1.165, 1.54) is 6.92 Å². The van der Waals surface area contributed by atoms with Crippen molar-refractivity contribution in [2.24, 2.45) is 0 Å². The summed E-state index contributed by atoms with van der Waals surface area (Å²) < 4.78 is 5.31. The number of nitrogens with one attached hydrogen (secondary N) is 1. The second-order valence-corrected chi connectivity index (χ2v) is 4.06. The van der Waals surface area contributed by atoms with Crippen LogP contribution in [0.25, 0.3) is 0 Å². The van der Waals surface area contributed by atoms with E-state index in [2.05, 4.69) is 5.32 Å². The number of carbonyl (C=O) groups excluding carboxylic acids is 1. The van der Waals surface area contributed by atoms with Gasteiger partial charge in [0, 0.05) is 29.6 Å². The summed E-state index contributed by atoms with van der Waals surface area (Å²) in [4.78, 5) is 11.2. The second-order valence-electron chi connectivity index (χ2n) is 4.06. The lowest BCUT2D eigenvalue weighted by atomic mass is 10.1. The molecule has 0 spiro atoms. The van der Waals surface area contributed by atoms with Gasteiger partial charge < -0.3 is 15.8 Å². The highest BCUT2D eigenvalue weighted by atomic mass is 16.5. The maximum Gasteiger partial charge on any atom is 0.161 e. The Bertz CT molecular complexity index is 391. The van der Waals surface area contributed by atoms with Crippen LogP contribution in [0.4, 0.5) is 11.4 Å². The highest BCUT2D eigenvalue weighted by Gasteiger charge is 2.07. The Kier molecular flexibility index (Phi) is 4.97. The number of hydrogen-bond acceptors (Lipinski definition) is 4. The number of ether oxygens (including phenoxy) is 1. The molecule has 1 unspecified atom stereocenters. The number of anilines is 2. The summed E-state index contributed by atoms with van der Waals surface area (Å²) in [6.45, 7) is 6.86. The number of carbonyl (C=O) groups is 1. The van der Waals surface area contributed by atoms with Crippen LogP contribution in [0.2, 0.25) is 0 Å². The molecule has 94 valence electrons. The predicted octanol–water partition coefficient (Wildman–Crippen LogP) is 2.31. The first-order valence-electron chi connectivity index (χ1n) is 5.79. The molecule has 3 N–H and O–H groups in total.